The van der Waals surface area contributed by atoms with Crippen LogP contribution in [0.25, 0.3) is 0 Å². The predicted molar refractivity (Wildman–Crippen MR) is 71.7 cm³/mol. The largest absolute Gasteiger partial charge is 0.399 e. The number of rotatable bonds is 6. The van der Waals surface area contributed by atoms with E-state index < -0.39 is 0 Å². The van der Waals surface area contributed by atoms with Crippen LogP contribution in [-0.2, 0) is 0 Å². The van der Waals surface area contributed by atoms with E-state index in [4.69, 9.17) is 5.73 Å². The summed E-state index contributed by atoms with van der Waals surface area (Å²) in [6.07, 6.45) is 3.33. The van der Waals surface area contributed by atoms with Crippen molar-refractivity contribution in [3.8, 4) is 0 Å². The first-order valence-electron chi connectivity index (χ1n) is 5.37. The van der Waals surface area contributed by atoms with Gasteiger partial charge >= 0.3 is 0 Å². The van der Waals surface area contributed by atoms with Gasteiger partial charge in [-0.3, -0.25) is 0 Å². The molecule has 0 spiro atoms. The van der Waals surface area contributed by atoms with Crippen LogP contribution in [0.15, 0.2) is 24.3 Å². The molecule has 0 aliphatic heterocycles. The molecule has 0 unspecified atom stereocenters. The van der Waals surface area contributed by atoms with Crippen molar-refractivity contribution in [3.05, 3.63) is 24.3 Å². The fourth-order valence-electron chi connectivity index (χ4n) is 1.53. The molecule has 0 aromatic heterocycles. The van der Waals surface area contributed by atoms with Crippen molar-refractivity contribution in [2.24, 2.45) is 0 Å². The van der Waals surface area contributed by atoms with E-state index in [2.05, 4.69) is 30.2 Å². The summed E-state index contributed by atoms with van der Waals surface area (Å²) in [7, 11) is 0. The highest BCUT2D eigenvalue weighted by molar-refractivity contribution is 7.98. The molecular weight excluding hydrogens is 204 g/mol. The van der Waals surface area contributed by atoms with E-state index in [1.165, 1.54) is 17.9 Å². The molecule has 2 N–H and O–H groups in total. The molecule has 3 heteroatoms. The second-order valence-corrected chi connectivity index (χ2v) is 4.56. The summed E-state index contributed by atoms with van der Waals surface area (Å²) in [5.74, 6) is 1.17. The Balaban J connectivity index is 2.65. The van der Waals surface area contributed by atoms with Crippen molar-refractivity contribution in [3.63, 3.8) is 0 Å². The van der Waals surface area contributed by atoms with Crippen molar-refractivity contribution in [2.45, 2.75) is 13.3 Å². The fourth-order valence-corrected chi connectivity index (χ4v) is 1.93. The average molecular weight is 224 g/mol. The van der Waals surface area contributed by atoms with Crippen molar-refractivity contribution >= 4 is 23.1 Å². The minimum Gasteiger partial charge on any atom is -0.399 e. The zero-order chi connectivity index (χ0) is 11.1. The minimum atomic E-state index is 0.833. The molecule has 0 saturated carbocycles. The average Bonchev–Trinajstić information content (AvgIpc) is 2.25. The molecule has 0 bridgehead atoms. The zero-order valence-electron chi connectivity index (χ0n) is 9.57. The molecule has 0 amide bonds. The highest BCUT2D eigenvalue weighted by Crippen LogP contribution is 2.16. The van der Waals surface area contributed by atoms with Crippen LogP contribution in [0.3, 0.4) is 0 Å². The molecule has 0 fully saturated rings. The van der Waals surface area contributed by atoms with Gasteiger partial charge in [0, 0.05) is 30.2 Å². The fraction of sp³-hybridized carbons (Fsp3) is 0.500. The van der Waals surface area contributed by atoms with Gasteiger partial charge in [-0.1, -0.05) is 6.92 Å². The third kappa shape index (κ3) is 4.04. The molecular formula is C12H20N2S. The molecule has 0 saturated heterocycles. The smallest absolute Gasteiger partial charge is 0.0367 e. The molecule has 0 heterocycles. The molecule has 84 valence electrons. The number of nitrogens with two attached hydrogens (primary N) is 1. The van der Waals surface area contributed by atoms with Crippen molar-refractivity contribution < 1.29 is 0 Å². The van der Waals surface area contributed by atoms with E-state index in [0.717, 1.165) is 18.8 Å². The summed E-state index contributed by atoms with van der Waals surface area (Å²) < 4.78 is 0. The van der Waals surface area contributed by atoms with Gasteiger partial charge in [0.15, 0.2) is 0 Å². The van der Waals surface area contributed by atoms with E-state index in [1.807, 2.05) is 23.9 Å². The van der Waals surface area contributed by atoms with Crippen LogP contribution in [0.4, 0.5) is 11.4 Å². The summed E-state index contributed by atoms with van der Waals surface area (Å²) >= 11 is 1.89. The SMILES string of the molecule is CCCN(CCSC)c1ccc(N)cc1. The molecule has 15 heavy (non-hydrogen) atoms. The maximum atomic E-state index is 5.68. The second kappa shape index (κ2) is 6.62. The topological polar surface area (TPSA) is 29.3 Å². The zero-order valence-corrected chi connectivity index (χ0v) is 10.4. The van der Waals surface area contributed by atoms with Gasteiger partial charge in [-0.25, -0.2) is 0 Å². The molecule has 2 nitrogen and oxygen atoms in total. The van der Waals surface area contributed by atoms with Crippen molar-refractivity contribution in [2.75, 3.05) is 35.7 Å². The number of nitrogens with zero attached hydrogens (tertiary/aromatic N) is 1. The van der Waals surface area contributed by atoms with E-state index in [9.17, 15) is 0 Å². The number of anilines is 2. The van der Waals surface area contributed by atoms with Crippen LogP contribution in [0.2, 0.25) is 0 Å². The third-order valence-electron chi connectivity index (χ3n) is 2.32. The quantitative estimate of drug-likeness (QED) is 0.753. The van der Waals surface area contributed by atoms with E-state index >= 15 is 0 Å². The Morgan fingerprint density at radius 3 is 2.40 bits per heavy atom. The highest BCUT2D eigenvalue weighted by atomic mass is 32.2. The summed E-state index contributed by atoms with van der Waals surface area (Å²) in [5, 5.41) is 0. The number of thioether (sulfide) groups is 1. The molecule has 0 atom stereocenters. The van der Waals surface area contributed by atoms with Crippen LogP contribution < -0.4 is 10.6 Å². The summed E-state index contributed by atoms with van der Waals surface area (Å²) in [6.45, 7) is 4.44. The molecule has 1 rings (SSSR count). The van der Waals surface area contributed by atoms with Gasteiger partial charge < -0.3 is 10.6 Å². The van der Waals surface area contributed by atoms with Gasteiger partial charge in [0.25, 0.3) is 0 Å². The van der Waals surface area contributed by atoms with Crippen LogP contribution in [0, 0.1) is 0 Å². The first-order valence-corrected chi connectivity index (χ1v) is 6.76. The first kappa shape index (κ1) is 12.2. The number of hydrogen-bond donors (Lipinski definition) is 1. The van der Waals surface area contributed by atoms with Gasteiger partial charge in [0.05, 0.1) is 0 Å². The molecule has 0 aliphatic rings. The summed E-state index contributed by atoms with van der Waals surface area (Å²) in [5.41, 5.74) is 7.79. The van der Waals surface area contributed by atoms with Gasteiger partial charge in [0.2, 0.25) is 0 Å². The Bertz CT molecular complexity index is 271. The van der Waals surface area contributed by atoms with Crippen LogP contribution in [0.5, 0.6) is 0 Å². The lowest BCUT2D eigenvalue weighted by atomic mass is 10.2. The van der Waals surface area contributed by atoms with Crippen molar-refractivity contribution in [1.82, 2.24) is 0 Å². The lowest BCUT2D eigenvalue weighted by Gasteiger charge is -2.24. The van der Waals surface area contributed by atoms with Gasteiger partial charge in [-0.2, -0.15) is 11.8 Å². The Morgan fingerprint density at radius 1 is 1.20 bits per heavy atom. The van der Waals surface area contributed by atoms with Gasteiger partial charge in [0.1, 0.15) is 0 Å². The maximum absolute atomic E-state index is 5.68. The molecule has 0 aliphatic carbocycles. The molecule has 1 aromatic carbocycles. The monoisotopic (exact) mass is 224 g/mol. The lowest BCUT2D eigenvalue weighted by molar-refractivity contribution is 0.796. The van der Waals surface area contributed by atoms with Gasteiger partial charge in [-0.05, 0) is 36.9 Å². The standard InChI is InChI=1S/C12H20N2S/c1-3-8-14(9-10-15-2)12-6-4-11(13)5-7-12/h4-7H,3,8-10,13H2,1-2H3. The van der Waals surface area contributed by atoms with E-state index in [-0.39, 0.29) is 0 Å². The highest BCUT2D eigenvalue weighted by Gasteiger charge is 2.03. The third-order valence-corrected chi connectivity index (χ3v) is 2.91. The first-order chi connectivity index (χ1) is 7.27. The van der Waals surface area contributed by atoms with E-state index in [1.54, 1.807) is 0 Å². The van der Waals surface area contributed by atoms with Gasteiger partial charge in [-0.15, -0.1) is 0 Å². The van der Waals surface area contributed by atoms with Crippen LogP contribution in [0.1, 0.15) is 13.3 Å². The predicted octanol–water partition coefficient (Wildman–Crippen LogP) is 2.85. The maximum Gasteiger partial charge on any atom is 0.0367 e. The molecule has 0 radical (unpaired) electrons. The van der Waals surface area contributed by atoms with Crippen LogP contribution in [-0.4, -0.2) is 25.1 Å². The molecule has 1 aromatic rings. The van der Waals surface area contributed by atoms with Crippen molar-refractivity contribution in [1.29, 1.82) is 0 Å². The second-order valence-electron chi connectivity index (χ2n) is 3.57. The lowest BCUT2D eigenvalue weighted by Crippen LogP contribution is -2.26. The minimum absolute atomic E-state index is 0.833. The van der Waals surface area contributed by atoms with Crippen LogP contribution >= 0.6 is 11.8 Å². The Labute approximate surface area is 96.8 Å². The number of hydrogen-bond acceptors (Lipinski definition) is 3. The normalized spacial score (nSPS) is 10.3. The summed E-state index contributed by atoms with van der Waals surface area (Å²) in [6, 6.07) is 8.14. The Kier molecular flexibility index (Phi) is 5.40. The Hall–Kier alpha value is -0.830. The number of nitrogen functional groups attached to an aromatic ring is 1. The summed E-state index contributed by atoms with van der Waals surface area (Å²) in [4.78, 5) is 2.41. The van der Waals surface area contributed by atoms with E-state index in [0.29, 0.717) is 0 Å². The number of benzene rings is 1. The Morgan fingerprint density at radius 2 is 1.87 bits per heavy atom.